The molecule has 88 valence electrons. The van der Waals surface area contributed by atoms with Crippen molar-refractivity contribution in [3.8, 4) is 11.3 Å². The van der Waals surface area contributed by atoms with E-state index in [1.54, 1.807) is 18.2 Å². The Morgan fingerprint density at radius 1 is 1.24 bits per heavy atom. The highest BCUT2D eigenvalue weighted by molar-refractivity contribution is 6.35. The summed E-state index contributed by atoms with van der Waals surface area (Å²) in [4.78, 5) is 3.94. The number of benzene rings is 1. The molecule has 5 heteroatoms. The summed E-state index contributed by atoms with van der Waals surface area (Å²) in [6.45, 7) is -0.317. The van der Waals surface area contributed by atoms with Crippen LogP contribution in [0.25, 0.3) is 11.3 Å². The molecule has 0 radical (unpaired) electrons. The molecule has 1 aromatic heterocycles. The molecule has 0 unspecified atom stereocenters. The van der Waals surface area contributed by atoms with Gasteiger partial charge in [-0.05, 0) is 24.3 Å². The van der Waals surface area contributed by atoms with Crippen LogP contribution in [0.2, 0.25) is 10.0 Å². The van der Waals surface area contributed by atoms with Gasteiger partial charge in [-0.25, -0.2) is 4.39 Å². The van der Waals surface area contributed by atoms with Crippen LogP contribution in [-0.2, 0) is 6.61 Å². The van der Waals surface area contributed by atoms with E-state index in [2.05, 4.69) is 4.98 Å². The van der Waals surface area contributed by atoms with Crippen molar-refractivity contribution in [2.24, 2.45) is 0 Å². The zero-order chi connectivity index (χ0) is 12.4. The van der Waals surface area contributed by atoms with E-state index in [0.29, 0.717) is 26.9 Å². The Balaban J connectivity index is 2.63. The lowest BCUT2D eigenvalue weighted by Gasteiger charge is -2.08. The number of pyridine rings is 1. The van der Waals surface area contributed by atoms with Crippen molar-refractivity contribution in [3.63, 3.8) is 0 Å². The summed E-state index contributed by atoms with van der Waals surface area (Å²) in [5, 5.41) is 10.1. The van der Waals surface area contributed by atoms with Gasteiger partial charge in [-0.3, -0.25) is 4.98 Å². The molecular formula is C12H8Cl2FNO. The molecule has 2 rings (SSSR count). The molecule has 0 saturated carbocycles. The fourth-order valence-electron chi connectivity index (χ4n) is 1.52. The molecule has 0 spiro atoms. The monoisotopic (exact) mass is 271 g/mol. The molecular weight excluding hydrogens is 264 g/mol. The average molecular weight is 272 g/mol. The third kappa shape index (κ3) is 2.57. The summed E-state index contributed by atoms with van der Waals surface area (Å²) in [7, 11) is 0. The van der Waals surface area contributed by atoms with Gasteiger partial charge in [0.15, 0.2) is 0 Å². The summed E-state index contributed by atoms with van der Waals surface area (Å²) in [6.07, 6.45) is 1.08. The first kappa shape index (κ1) is 12.3. The molecule has 0 bridgehead atoms. The van der Waals surface area contributed by atoms with Gasteiger partial charge in [0.2, 0.25) is 0 Å². The minimum atomic E-state index is -0.504. The lowest BCUT2D eigenvalue weighted by atomic mass is 10.1. The van der Waals surface area contributed by atoms with E-state index in [0.717, 1.165) is 6.20 Å². The number of hydrogen-bond donors (Lipinski definition) is 1. The first-order valence-corrected chi connectivity index (χ1v) is 5.58. The second kappa shape index (κ2) is 5.00. The Hall–Kier alpha value is -1.16. The Bertz CT molecular complexity index is 560. The Kier molecular flexibility index (Phi) is 3.62. The van der Waals surface area contributed by atoms with E-state index in [9.17, 15) is 9.50 Å². The summed E-state index contributed by atoms with van der Waals surface area (Å²) in [5.41, 5.74) is 1.37. The minimum Gasteiger partial charge on any atom is -0.392 e. The quantitative estimate of drug-likeness (QED) is 0.904. The molecule has 1 N–H and O–H groups in total. The van der Waals surface area contributed by atoms with Gasteiger partial charge >= 0.3 is 0 Å². The predicted octanol–water partition coefficient (Wildman–Crippen LogP) is 3.69. The van der Waals surface area contributed by atoms with Crippen LogP contribution in [0.15, 0.2) is 30.5 Å². The Morgan fingerprint density at radius 2 is 2.00 bits per heavy atom. The number of aliphatic hydroxyl groups is 1. The topological polar surface area (TPSA) is 33.1 Å². The number of rotatable bonds is 2. The van der Waals surface area contributed by atoms with Crippen molar-refractivity contribution in [2.45, 2.75) is 6.61 Å². The van der Waals surface area contributed by atoms with E-state index < -0.39 is 5.82 Å². The van der Waals surface area contributed by atoms with E-state index in [4.69, 9.17) is 23.2 Å². The standard InChI is InChI=1S/C12H8Cl2FNO/c13-8-1-2-11(14)10(4-8)12-7(6-17)3-9(15)5-16-12/h1-5,17H,6H2. The third-order valence-corrected chi connectivity index (χ3v) is 2.85. The van der Waals surface area contributed by atoms with Crippen molar-refractivity contribution in [3.05, 3.63) is 51.9 Å². The maximum Gasteiger partial charge on any atom is 0.141 e. The van der Waals surface area contributed by atoms with Gasteiger partial charge in [0, 0.05) is 16.1 Å². The van der Waals surface area contributed by atoms with Crippen LogP contribution >= 0.6 is 23.2 Å². The summed E-state index contributed by atoms with van der Waals surface area (Å²) in [6, 6.07) is 6.13. The molecule has 17 heavy (non-hydrogen) atoms. The van der Waals surface area contributed by atoms with Crippen LogP contribution in [0.4, 0.5) is 4.39 Å². The maximum atomic E-state index is 13.0. The second-order valence-electron chi connectivity index (χ2n) is 3.44. The van der Waals surface area contributed by atoms with E-state index in [1.165, 1.54) is 6.07 Å². The lowest BCUT2D eigenvalue weighted by Crippen LogP contribution is -1.95. The number of aliphatic hydroxyl groups excluding tert-OH is 1. The van der Waals surface area contributed by atoms with Gasteiger partial charge < -0.3 is 5.11 Å². The molecule has 0 aliphatic carbocycles. The highest BCUT2D eigenvalue weighted by atomic mass is 35.5. The van der Waals surface area contributed by atoms with Crippen LogP contribution in [0.1, 0.15) is 5.56 Å². The van der Waals surface area contributed by atoms with Gasteiger partial charge in [0.1, 0.15) is 5.82 Å². The molecule has 0 amide bonds. The van der Waals surface area contributed by atoms with Crippen LogP contribution in [0.5, 0.6) is 0 Å². The van der Waals surface area contributed by atoms with Crippen molar-refractivity contribution in [1.29, 1.82) is 0 Å². The van der Waals surface area contributed by atoms with Gasteiger partial charge in [-0.15, -0.1) is 0 Å². The average Bonchev–Trinajstić information content (AvgIpc) is 2.32. The lowest BCUT2D eigenvalue weighted by molar-refractivity contribution is 0.281. The minimum absolute atomic E-state index is 0.317. The first-order chi connectivity index (χ1) is 8.11. The van der Waals surface area contributed by atoms with E-state index >= 15 is 0 Å². The fraction of sp³-hybridized carbons (Fsp3) is 0.0833. The van der Waals surface area contributed by atoms with Crippen LogP contribution in [0.3, 0.4) is 0 Å². The van der Waals surface area contributed by atoms with Gasteiger partial charge in [-0.2, -0.15) is 0 Å². The van der Waals surface area contributed by atoms with Crippen LogP contribution in [-0.4, -0.2) is 10.1 Å². The Labute approximate surface area is 108 Å². The highest BCUT2D eigenvalue weighted by Crippen LogP contribution is 2.31. The van der Waals surface area contributed by atoms with Crippen LogP contribution < -0.4 is 0 Å². The van der Waals surface area contributed by atoms with Crippen LogP contribution in [0, 0.1) is 5.82 Å². The van der Waals surface area contributed by atoms with E-state index in [-0.39, 0.29) is 6.61 Å². The van der Waals surface area contributed by atoms with Crippen molar-refractivity contribution < 1.29 is 9.50 Å². The maximum absolute atomic E-state index is 13.0. The smallest absolute Gasteiger partial charge is 0.141 e. The summed E-state index contributed by atoms with van der Waals surface area (Å²) in [5.74, 6) is -0.504. The zero-order valence-corrected chi connectivity index (χ0v) is 10.1. The number of aromatic nitrogens is 1. The van der Waals surface area contributed by atoms with Gasteiger partial charge in [0.05, 0.1) is 23.5 Å². The van der Waals surface area contributed by atoms with Gasteiger partial charge in [-0.1, -0.05) is 23.2 Å². The zero-order valence-electron chi connectivity index (χ0n) is 8.62. The molecule has 0 aliphatic rings. The van der Waals surface area contributed by atoms with Crippen molar-refractivity contribution in [2.75, 3.05) is 0 Å². The molecule has 2 nitrogen and oxygen atoms in total. The normalized spacial score (nSPS) is 10.6. The predicted molar refractivity (Wildman–Crippen MR) is 65.6 cm³/mol. The summed E-state index contributed by atoms with van der Waals surface area (Å²) < 4.78 is 13.0. The number of hydrogen-bond acceptors (Lipinski definition) is 2. The fourth-order valence-corrected chi connectivity index (χ4v) is 1.90. The first-order valence-electron chi connectivity index (χ1n) is 4.82. The molecule has 1 heterocycles. The molecule has 0 atom stereocenters. The highest BCUT2D eigenvalue weighted by Gasteiger charge is 2.11. The molecule has 2 aromatic rings. The van der Waals surface area contributed by atoms with Crippen molar-refractivity contribution >= 4 is 23.2 Å². The number of nitrogens with zero attached hydrogens (tertiary/aromatic N) is 1. The van der Waals surface area contributed by atoms with E-state index in [1.807, 2.05) is 0 Å². The Morgan fingerprint density at radius 3 is 2.71 bits per heavy atom. The SMILES string of the molecule is OCc1cc(F)cnc1-c1cc(Cl)ccc1Cl. The molecule has 0 saturated heterocycles. The molecule has 0 aliphatic heterocycles. The largest absolute Gasteiger partial charge is 0.392 e. The van der Waals surface area contributed by atoms with Gasteiger partial charge in [0.25, 0.3) is 0 Å². The number of halogens is 3. The van der Waals surface area contributed by atoms with Crippen molar-refractivity contribution in [1.82, 2.24) is 4.98 Å². The second-order valence-corrected chi connectivity index (χ2v) is 4.29. The summed E-state index contributed by atoms with van der Waals surface area (Å²) >= 11 is 11.9. The third-order valence-electron chi connectivity index (χ3n) is 2.29. The molecule has 1 aromatic carbocycles. The molecule has 0 fully saturated rings.